The summed E-state index contributed by atoms with van der Waals surface area (Å²) < 4.78 is 57.3. The van der Waals surface area contributed by atoms with E-state index in [2.05, 4.69) is 15.3 Å². The number of hydrogen-bond donors (Lipinski definition) is 2. The van der Waals surface area contributed by atoms with Gasteiger partial charge in [-0.2, -0.15) is 13.2 Å². The summed E-state index contributed by atoms with van der Waals surface area (Å²) in [6.07, 6.45) is -3.31. The van der Waals surface area contributed by atoms with E-state index in [-0.39, 0.29) is 23.9 Å². The number of carbonyl (C=O) groups excluding carboxylic acids is 1. The molecule has 0 unspecified atom stereocenters. The highest BCUT2D eigenvalue weighted by Gasteiger charge is 2.34. The molecule has 0 bridgehead atoms. The van der Waals surface area contributed by atoms with Crippen molar-refractivity contribution in [1.82, 2.24) is 14.9 Å². The average Bonchev–Trinajstić information content (AvgIpc) is 3.35. The van der Waals surface area contributed by atoms with E-state index in [0.717, 1.165) is 18.9 Å². The standard InChI is InChI=1S/C27H32F3N5O4/c1-14-19(9-17(31)10-21(14)27(28,29)30)15(2)32-25-20-11-24(23(37-4)12-22(20)33-16(3)34-25)39-13-18-7-6-8-35(18)26(36)38-5/h9-12,15,18H,6-8,13,31H2,1-5H3,(H,32,33,34)/t15-,18+/m1/s1. The quantitative estimate of drug-likeness (QED) is 0.366. The Kier molecular flexibility index (Phi) is 7.94. The Hall–Kier alpha value is -3.96. The number of nitrogens with two attached hydrogens (primary N) is 1. The van der Waals surface area contributed by atoms with Crippen LogP contribution < -0.4 is 20.5 Å². The second kappa shape index (κ2) is 11.0. The minimum atomic E-state index is -4.53. The minimum Gasteiger partial charge on any atom is -0.493 e. The minimum absolute atomic E-state index is 0.0219. The molecule has 9 nitrogen and oxygen atoms in total. The molecule has 1 saturated heterocycles. The van der Waals surface area contributed by atoms with E-state index in [1.54, 1.807) is 30.9 Å². The van der Waals surface area contributed by atoms with Crippen LogP contribution in [-0.4, -0.2) is 54.4 Å². The molecule has 1 amide bonds. The maximum Gasteiger partial charge on any atom is 0.416 e. The van der Waals surface area contributed by atoms with Crippen molar-refractivity contribution in [1.29, 1.82) is 0 Å². The van der Waals surface area contributed by atoms with E-state index >= 15 is 0 Å². The zero-order valence-electron chi connectivity index (χ0n) is 22.5. The lowest BCUT2D eigenvalue weighted by Crippen LogP contribution is -2.38. The maximum atomic E-state index is 13.6. The summed E-state index contributed by atoms with van der Waals surface area (Å²) in [6, 6.07) is 5.20. The topological polar surface area (TPSA) is 112 Å². The fourth-order valence-electron chi connectivity index (χ4n) is 4.97. The van der Waals surface area contributed by atoms with E-state index < -0.39 is 23.9 Å². The molecule has 1 aromatic heterocycles. The first-order valence-electron chi connectivity index (χ1n) is 12.5. The van der Waals surface area contributed by atoms with Crippen molar-refractivity contribution in [3.05, 3.63) is 46.8 Å². The van der Waals surface area contributed by atoms with Gasteiger partial charge < -0.3 is 30.2 Å². The number of methoxy groups -OCH3 is 2. The third-order valence-electron chi connectivity index (χ3n) is 6.91. The Morgan fingerprint density at radius 2 is 1.92 bits per heavy atom. The van der Waals surface area contributed by atoms with Gasteiger partial charge in [-0.15, -0.1) is 0 Å². The van der Waals surface area contributed by atoms with Gasteiger partial charge in [0.15, 0.2) is 11.5 Å². The number of nitrogen functional groups attached to an aromatic ring is 1. The van der Waals surface area contributed by atoms with E-state index in [4.69, 9.17) is 19.9 Å². The second-order valence-electron chi connectivity index (χ2n) is 9.56. The van der Waals surface area contributed by atoms with Gasteiger partial charge in [0.2, 0.25) is 0 Å². The monoisotopic (exact) mass is 547 g/mol. The van der Waals surface area contributed by atoms with E-state index in [1.165, 1.54) is 27.2 Å². The van der Waals surface area contributed by atoms with Crippen molar-refractivity contribution in [2.45, 2.75) is 51.9 Å². The number of fused-ring (bicyclic) bond motifs is 1. The van der Waals surface area contributed by atoms with E-state index in [9.17, 15) is 18.0 Å². The number of anilines is 2. The number of aryl methyl sites for hydroxylation is 1. The van der Waals surface area contributed by atoms with Gasteiger partial charge in [0.25, 0.3) is 0 Å². The molecule has 210 valence electrons. The molecule has 0 spiro atoms. The third-order valence-corrected chi connectivity index (χ3v) is 6.91. The predicted octanol–water partition coefficient (Wildman–Crippen LogP) is 5.64. The number of nitrogens with one attached hydrogen (secondary N) is 1. The number of amides is 1. The van der Waals surface area contributed by atoms with E-state index in [1.807, 2.05) is 0 Å². The van der Waals surface area contributed by atoms with Crippen LogP contribution in [0.1, 0.15) is 48.3 Å². The lowest BCUT2D eigenvalue weighted by Gasteiger charge is -2.24. The summed E-state index contributed by atoms with van der Waals surface area (Å²) in [7, 11) is 2.86. The zero-order valence-corrected chi connectivity index (χ0v) is 22.5. The summed E-state index contributed by atoms with van der Waals surface area (Å²) in [5.74, 6) is 1.76. The number of ether oxygens (including phenoxy) is 3. The van der Waals surface area contributed by atoms with Crippen LogP contribution in [0.25, 0.3) is 10.9 Å². The molecule has 2 heterocycles. The molecule has 0 aliphatic carbocycles. The van der Waals surface area contributed by atoms with Gasteiger partial charge >= 0.3 is 12.3 Å². The molecule has 3 N–H and O–H groups in total. The number of nitrogens with zero attached hydrogens (tertiary/aromatic N) is 3. The van der Waals surface area contributed by atoms with Gasteiger partial charge in [0.1, 0.15) is 18.2 Å². The first-order chi connectivity index (χ1) is 18.4. The molecule has 2 atom stereocenters. The molecule has 0 saturated carbocycles. The highest BCUT2D eigenvalue weighted by molar-refractivity contribution is 5.92. The highest BCUT2D eigenvalue weighted by atomic mass is 19.4. The fraction of sp³-hybridized carbons (Fsp3) is 0.444. The molecule has 1 fully saturated rings. The van der Waals surface area contributed by atoms with Crippen LogP contribution in [0.2, 0.25) is 0 Å². The number of rotatable bonds is 7. The van der Waals surface area contributed by atoms with Crippen LogP contribution in [0.15, 0.2) is 24.3 Å². The molecule has 4 rings (SSSR count). The molecule has 0 radical (unpaired) electrons. The van der Waals surface area contributed by atoms with Crippen molar-refractivity contribution in [2.75, 3.05) is 38.4 Å². The van der Waals surface area contributed by atoms with Crippen LogP contribution >= 0.6 is 0 Å². The lowest BCUT2D eigenvalue weighted by atomic mass is 9.96. The van der Waals surface area contributed by atoms with Crippen molar-refractivity contribution < 1.29 is 32.2 Å². The second-order valence-corrected chi connectivity index (χ2v) is 9.56. The zero-order chi connectivity index (χ0) is 28.5. The largest absolute Gasteiger partial charge is 0.493 e. The Morgan fingerprint density at radius 1 is 1.18 bits per heavy atom. The molecule has 39 heavy (non-hydrogen) atoms. The van der Waals surface area contributed by atoms with E-state index in [0.29, 0.717) is 46.2 Å². The molecule has 2 aromatic carbocycles. The first-order valence-corrected chi connectivity index (χ1v) is 12.5. The van der Waals surface area contributed by atoms with Crippen LogP contribution in [-0.2, 0) is 10.9 Å². The number of hydrogen-bond acceptors (Lipinski definition) is 8. The van der Waals surface area contributed by atoms with Gasteiger partial charge in [0.05, 0.1) is 37.4 Å². The summed E-state index contributed by atoms with van der Waals surface area (Å²) in [4.78, 5) is 22.7. The SMILES string of the molecule is COC(=O)N1CCC[C@H]1COc1cc2c(N[C@H](C)c3cc(N)cc(C(F)(F)F)c3C)nc(C)nc2cc1OC. The number of carbonyl (C=O) groups is 1. The molecule has 12 heteroatoms. The number of halogens is 3. The van der Waals surface area contributed by atoms with Crippen molar-refractivity contribution >= 4 is 28.5 Å². The maximum absolute atomic E-state index is 13.6. The molecular weight excluding hydrogens is 515 g/mol. The van der Waals surface area contributed by atoms with Crippen LogP contribution in [0.5, 0.6) is 11.5 Å². The highest BCUT2D eigenvalue weighted by Crippen LogP contribution is 2.39. The Morgan fingerprint density at radius 3 is 2.59 bits per heavy atom. The van der Waals surface area contributed by atoms with Crippen molar-refractivity contribution in [3.63, 3.8) is 0 Å². The number of benzene rings is 2. The Balaban J connectivity index is 1.68. The van der Waals surface area contributed by atoms with Gasteiger partial charge in [0, 0.05) is 23.7 Å². The average molecular weight is 548 g/mol. The number of likely N-dealkylation sites (tertiary alicyclic amines) is 1. The normalized spacial score (nSPS) is 16.3. The lowest BCUT2D eigenvalue weighted by molar-refractivity contribution is -0.138. The van der Waals surface area contributed by atoms with Crippen molar-refractivity contribution in [3.8, 4) is 11.5 Å². The van der Waals surface area contributed by atoms with Crippen LogP contribution in [0, 0.1) is 13.8 Å². The van der Waals surface area contributed by atoms with Crippen LogP contribution in [0.3, 0.4) is 0 Å². The number of aromatic nitrogens is 2. The van der Waals surface area contributed by atoms with Gasteiger partial charge in [-0.1, -0.05) is 0 Å². The summed E-state index contributed by atoms with van der Waals surface area (Å²) in [6.45, 7) is 5.71. The number of alkyl halides is 3. The summed E-state index contributed by atoms with van der Waals surface area (Å²) >= 11 is 0. The molecule has 3 aromatic rings. The molecule has 1 aliphatic rings. The smallest absolute Gasteiger partial charge is 0.416 e. The molecular formula is C27H32F3N5O4. The first kappa shape index (κ1) is 28.1. The predicted molar refractivity (Wildman–Crippen MR) is 141 cm³/mol. The van der Waals surface area contributed by atoms with Gasteiger partial charge in [-0.25, -0.2) is 14.8 Å². The Labute approximate surface area is 224 Å². The summed E-state index contributed by atoms with van der Waals surface area (Å²) in [5, 5.41) is 3.83. The van der Waals surface area contributed by atoms with Gasteiger partial charge in [-0.05, 0) is 62.9 Å². The van der Waals surface area contributed by atoms with Gasteiger partial charge in [-0.3, -0.25) is 0 Å². The van der Waals surface area contributed by atoms with Crippen LogP contribution in [0.4, 0.5) is 29.5 Å². The Bertz CT molecular complexity index is 1380. The van der Waals surface area contributed by atoms with Crippen molar-refractivity contribution in [2.24, 2.45) is 0 Å². The fourth-order valence-corrected chi connectivity index (χ4v) is 4.97. The third kappa shape index (κ3) is 5.89. The molecule has 1 aliphatic heterocycles. The summed E-state index contributed by atoms with van der Waals surface area (Å²) in [5.41, 5.74) is 6.13.